The van der Waals surface area contributed by atoms with E-state index >= 15 is 0 Å². The predicted octanol–water partition coefficient (Wildman–Crippen LogP) is 1.52. The van der Waals surface area contributed by atoms with Crippen molar-refractivity contribution in [3.8, 4) is 5.75 Å². The molecule has 3 rings (SSSR count). The molecular weight excluding hydrogens is 312 g/mol. The Hall–Kier alpha value is -2.33. The van der Waals surface area contributed by atoms with E-state index in [9.17, 15) is 4.79 Å². The number of hydrogen-bond acceptors (Lipinski definition) is 2. The van der Waals surface area contributed by atoms with E-state index in [1.54, 1.807) is 0 Å². The van der Waals surface area contributed by atoms with Gasteiger partial charge in [-0.1, -0.05) is 30.3 Å². The van der Waals surface area contributed by atoms with Crippen molar-refractivity contribution in [2.24, 2.45) is 0 Å². The standard InChI is InChI=1S/C21H26N2O2/c1-23(2)14-17-8-6-16(7-9-17)13-22-21(24)15-25-20-11-10-18-4-3-5-19(18)12-20/h6-12H,3-5,13-15H2,1-2H3,(H,22,24)/p+1. The summed E-state index contributed by atoms with van der Waals surface area (Å²) in [6.45, 7) is 1.59. The Labute approximate surface area is 149 Å². The van der Waals surface area contributed by atoms with E-state index in [2.05, 4.69) is 55.8 Å². The van der Waals surface area contributed by atoms with Gasteiger partial charge >= 0.3 is 0 Å². The number of hydrogen-bond donors (Lipinski definition) is 2. The zero-order valence-electron chi connectivity index (χ0n) is 15.1. The third kappa shape index (κ3) is 5.07. The molecule has 0 saturated heterocycles. The summed E-state index contributed by atoms with van der Waals surface area (Å²) in [4.78, 5) is 13.4. The van der Waals surface area contributed by atoms with Crippen LogP contribution in [0.15, 0.2) is 42.5 Å². The lowest BCUT2D eigenvalue weighted by molar-refractivity contribution is -0.872. The summed E-state index contributed by atoms with van der Waals surface area (Å²) < 4.78 is 5.63. The molecule has 25 heavy (non-hydrogen) atoms. The van der Waals surface area contributed by atoms with Crippen LogP contribution >= 0.6 is 0 Å². The molecule has 1 amide bonds. The van der Waals surface area contributed by atoms with Crippen molar-refractivity contribution in [1.82, 2.24) is 5.32 Å². The Bertz CT molecular complexity index is 723. The number of fused-ring (bicyclic) bond motifs is 1. The molecule has 0 heterocycles. The number of ether oxygens (including phenoxy) is 1. The van der Waals surface area contributed by atoms with Gasteiger partial charge in [-0.05, 0) is 48.1 Å². The summed E-state index contributed by atoms with van der Waals surface area (Å²) in [6.07, 6.45) is 3.49. The number of benzene rings is 2. The molecule has 0 aliphatic heterocycles. The van der Waals surface area contributed by atoms with Crippen molar-refractivity contribution in [1.29, 1.82) is 0 Å². The Morgan fingerprint density at radius 2 is 1.76 bits per heavy atom. The molecule has 0 fully saturated rings. The first-order chi connectivity index (χ1) is 12.1. The smallest absolute Gasteiger partial charge is 0.258 e. The van der Waals surface area contributed by atoms with Crippen molar-refractivity contribution >= 4 is 5.91 Å². The molecule has 0 aromatic heterocycles. The quantitative estimate of drug-likeness (QED) is 0.803. The topological polar surface area (TPSA) is 42.8 Å². The third-order valence-corrected chi connectivity index (χ3v) is 4.51. The molecule has 0 radical (unpaired) electrons. The van der Waals surface area contributed by atoms with Gasteiger partial charge in [-0.15, -0.1) is 0 Å². The lowest BCUT2D eigenvalue weighted by Crippen LogP contribution is -3.04. The average molecular weight is 339 g/mol. The first kappa shape index (κ1) is 17.5. The van der Waals surface area contributed by atoms with Crippen LogP contribution in [0.3, 0.4) is 0 Å². The Morgan fingerprint density at radius 1 is 1.04 bits per heavy atom. The SMILES string of the molecule is C[NH+](C)Cc1ccc(CNC(=O)COc2ccc3c(c2)CCC3)cc1. The molecule has 4 heteroatoms. The first-order valence-electron chi connectivity index (χ1n) is 8.98. The maximum atomic E-state index is 12.0. The minimum Gasteiger partial charge on any atom is -0.484 e. The monoisotopic (exact) mass is 339 g/mol. The lowest BCUT2D eigenvalue weighted by atomic mass is 10.1. The van der Waals surface area contributed by atoms with Crippen LogP contribution in [0.2, 0.25) is 0 Å². The summed E-state index contributed by atoms with van der Waals surface area (Å²) in [5.41, 5.74) is 5.17. The Morgan fingerprint density at radius 3 is 2.52 bits per heavy atom. The predicted molar refractivity (Wildman–Crippen MR) is 98.8 cm³/mol. The van der Waals surface area contributed by atoms with E-state index in [4.69, 9.17) is 4.74 Å². The van der Waals surface area contributed by atoms with Gasteiger partial charge in [-0.25, -0.2) is 0 Å². The van der Waals surface area contributed by atoms with Crippen molar-refractivity contribution in [3.63, 3.8) is 0 Å². The van der Waals surface area contributed by atoms with Gasteiger partial charge in [0.1, 0.15) is 12.3 Å². The fourth-order valence-electron chi connectivity index (χ4n) is 3.22. The van der Waals surface area contributed by atoms with Gasteiger partial charge in [0.2, 0.25) is 0 Å². The highest BCUT2D eigenvalue weighted by Gasteiger charge is 2.11. The highest BCUT2D eigenvalue weighted by Crippen LogP contribution is 2.25. The molecule has 132 valence electrons. The fourth-order valence-corrected chi connectivity index (χ4v) is 3.22. The van der Waals surface area contributed by atoms with E-state index < -0.39 is 0 Å². The minimum atomic E-state index is -0.0951. The van der Waals surface area contributed by atoms with Gasteiger partial charge < -0.3 is 15.0 Å². The van der Waals surface area contributed by atoms with Crippen molar-refractivity contribution in [3.05, 3.63) is 64.7 Å². The molecule has 0 saturated carbocycles. The summed E-state index contributed by atoms with van der Waals surface area (Å²) in [5, 5.41) is 2.91. The van der Waals surface area contributed by atoms with Gasteiger partial charge in [-0.3, -0.25) is 4.79 Å². The van der Waals surface area contributed by atoms with Crippen LogP contribution in [0.5, 0.6) is 5.75 Å². The number of aryl methyl sites for hydroxylation is 2. The second kappa shape index (κ2) is 8.17. The molecule has 4 nitrogen and oxygen atoms in total. The summed E-state index contributed by atoms with van der Waals surface area (Å²) in [6, 6.07) is 14.5. The molecule has 0 spiro atoms. The number of quaternary nitrogens is 1. The normalized spacial score (nSPS) is 12.9. The maximum Gasteiger partial charge on any atom is 0.258 e. The Balaban J connectivity index is 1.43. The number of carbonyl (C=O) groups excluding carboxylic acids is 1. The van der Waals surface area contributed by atoms with E-state index in [1.807, 2.05) is 6.07 Å². The summed E-state index contributed by atoms with van der Waals surface area (Å²) in [7, 11) is 4.27. The first-order valence-corrected chi connectivity index (χ1v) is 8.98. The third-order valence-electron chi connectivity index (χ3n) is 4.51. The zero-order chi connectivity index (χ0) is 17.6. The summed E-state index contributed by atoms with van der Waals surface area (Å²) in [5.74, 6) is 0.689. The fraction of sp³-hybridized carbons (Fsp3) is 0.381. The van der Waals surface area contributed by atoms with E-state index in [0.717, 1.165) is 30.7 Å². The number of amides is 1. The number of carbonyl (C=O) groups is 1. The van der Waals surface area contributed by atoms with Crippen molar-refractivity contribution < 1.29 is 14.4 Å². The highest BCUT2D eigenvalue weighted by molar-refractivity contribution is 5.77. The molecule has 0 unspecified atom stereocenters. The minimum absolute atomic E-state index is 0.0564. The molecule has 2 N–H and O–H groups in total. The molecule has 1 aliphatic rings. The molecule has 2 aromatic carbocycles. The maximum absolute atomic E-state index is 12.0. The number of nitrogens with one attached hydrogen (secondary N) is 2. The zero-order valence-corrected chi connectivity index (χ0v) is 15.1. The van der Waals surface area contributed by atoms with Gasteiger partial charge in [0, 0.05) is 12.1 Å². The second-order valence-corrected chi connectivity index (χ2v) is 7.05. The molecule has 1 aliphatic carbocycles. The van der Waals surface area contributed by atoms with E-state index in [0.29, 0.717) is 6.54 Å². The van der Waals surface area contributed by atoms with Crippen LogP contribution in [-0.2, 0) is 30.7 Å². The van der Waals surface area contributed by atoms with E-state index in [1.165, 1.54) is 28.0 Å². The van der Waals surface area contributed by atoms with Crippen LogP contribution in [0.1, 0.15) is 28.7 Å². The van der Waals surface area contributed by atoms with Crippen molar-refractivity contribution in [2.45, 2.75) is 32.4 Å². The van der Waals surface area contributed by atoms with Gasteiger partial charge in [0.05, 0.1) is 14.1 Å². The van der Waals surface area contributed by atoms with Crippen LogP contribution in [0.25, 0.3) is 0 Å². The van der Waals surface area contributed by atoms with Crippen LogP contribution < -0.4 is 15.0 Å². The molecule has 0 atom stereocenters. The largest absolute Gasteiger partial charge is 0.484 e. The molecule has 2 aromatic rings. The lowest BCUT2D eigenvalue weighted by Gasteiger charge is -2.10. The molecular formula is C21H27N2O2+. The number of rotatable bonds is 7. The second-order valence-electron chi connectivity index (χ2n) is 7.05. The Kier molecular flexibility index (Phi) is 5.71. The highest BCUT2D eigenvalue weighted by atomic mass is 16.5. The van der Waals surface area contributed by atoms with Crippen molar-refractivity contribution in [2.75, 3.05) is 20.7 Å². The summed E-state index contributed by atoms with van der Waals surface area (Å²) >= 11 is 0. The van der Waals surface area contributed by atoms with Crippen LogP contribution in [0.4, 0.5) is 0 Å². The van der Waals surface area contributed by atoms with Gasteiger partial charge in [-0.2, -0.15) is 0 Å². The molecule has 0 bridgehead atoms. The van der Waals surface area contributed by atoms with Gasteiger partial charge in [0.25, 0.3) is 5.91 Å². The van der Waals surface area contributed by atoms with Crippen LogP contribution in [-0.4, -0.2) is 26.6 Å². The van der Waals surface area contributed by atoms with Gasteiger partial charge in [0.15, 0.2) is 6.61 Å². The van der Waals surface area contributed by atoms with Crippen LogP contribution in [0, 0.1) is 0 Å². The van der Waals surface area contributed by atoms with E-state index in [-0.39, 0.29) is 12.5 Å². The average Bonchev–Trinajstić information content (AvgIpc) is 3.06.